The van der Waals surface area contributed by atoms with Crippen LogP contribution in [0.25, 0.3) is 27.5 Å². The maximum Gasteiger partial charge on any atom is 0.0991 e. The van der Waals surface area contributed by atoms with Crippen LogP contribution in [0.15, 0.2) is 115 Å². The molecule has 0 radical (unpaired) electrons. The van der Waals surface area contributed by atoms with Crippen LogP contribution in [0.3, 0.4) is 0 Å². The molecule has 3 nitrogen and oxygen atoms in total. The first kappa shape index (κ1) is 21.5. The van der Waals surface area contributed by atoms with Gasteiger partial charge in [-0.1, -0.05) is 74.5 Å². The third-order valence-electron chi connectivity index (χ3n) is 7.78. The smallest absolute Gasteiger partial charge is 0.0991 e. The molecule has 7 rings (SSSR count). The van der Waals surface area contributed by atoms with Crippen LogP contribution in [0.1, 0.15) is 30.5 Å². The molecular formula is C34H25N3. The van der Waals surface area contributed by atoms with E-state index in [-0.39, 0.29) is 5.41 Å². The number of hydrogen-bond donors (Lipinski definition) is 0. The molecule has 0 saturated heterocycles. The van der Waals surface area contributed by atoms with E-state index in [9.17, 15) is 5.26 Å². The minimum atomic E-state index is -0.0907. The number of anilines is 3. The van der Waals surface area contributed by atoms with Gasteiger partial charge in [-0.15, -0.1) is 0 Å². The highest BCUT2D eigenvalue weighted by atomic mass is 15.2. The lowest BCUT2D eigenvalue weighted by molar-refractivity contribution is 0.632. The van der Waals surface area contributed by atoms with Gasteiger partial charge in [0.2, 0.25) is 0 Å². The minimum Gasteiger partial charge on any atom is -0.310 e. The van der Waals surface area contributed by atoms with Crippen molar-refractivity contribution in [2.45, 2.75) is 19.3 Å². The molecule has 176 valence electrons. The average Bonchev–Trinajstić information content (AvgIpc) is 3.27. The van der Waals surface area contributed by atoms with Gasteiger partial charge in [0.05, 0.1) is 34.0 Å². The van der Waals surface area contributed by atoms with E-state index in [1.165, 1.54) is 22.5 Å². The van der Waals surface area contributed by atoms with Gasteiger partial charge in [-0.3, -0.25) is 0 Å². The largest absolute Gasteiger partial charge is 0.310 e. The standard InChI is InChI=1S/C34H25N3/c1-34(2)28-13-4-7-16-32(28)37(33-17-8-5-14-29(33)34)25-11-9-10-24(21-25)36-30-15-6-3-12-26(30)27-20-23(22-35)18-19-31(27)36/h3-21H,1-2H3. The summed E-state index contributed by atoms with van der Waals surface area (Å²) in [6, 6.07) is 42.9. The third-order valence-corrected chi connectivity index (χ3v) is 7.78. The normalized spacial score (nSPS) is 13.8. The first-order valence-electron chi connectivity index (χ1n) is 12.6. The van der Waals surface area contributed by atoms with Crippen molar-refractivity contribution in [2.24, 2.45) is 0 Å². The molecule has 0 fully saturated rings. The second kappa shape index (κ2) is 7.85. The number of hydrogen-bond acceptors (Lipinski definition) is 2. The van der Waals surface area contributed by atoms with Crippen molar-refractivity contribution >= 4 is 38.9 Å². The van der Waals surface area contributed by atoms with Crippen molar-refractivity contribution in [3.63, 3.8) is 0 Å². The number of benzene rings is 5. The SMILES string of the molecule is CC1(C)c2ccccc2N(c2cccc(-n3c4ccccc4c4cc(C#N)ccc43)c2)c2ccccc21. The van der Waals surface area contributed by atoms with E-state index < -0.39 is 0 Å². The lowest BCUT2D eigenvalue weighted by atomic mass is 9.73. The third kappa shape index (κ3) is 3.06. The Kier molecular flexibility index (Phi) is 4.55. The van der Waals surface area contributed by atoms with Crippen LogP contribution < -0.4 is 4.90 Å². The molecule has 0 spiro atoms. The molecule has 2 heterocycles. The Bertz CT molecular complexity index is 1830. The average molecular weight is 476 g/mol. The van der Waals surface area contributed by atoms with Gasteiger partial charge in [-0.05, 0) is 65.7 Å². The van der Waals surface area contributed by atoms with E-state index in [1.54, 1.807) is 0 Å². The van der Waals surface area contributed by atoms with Gasteiger partial charge in [0.15, 0.2) is 0 Å². The van der Waals surface area contributed by atoms with E-state index in [4.69, 9.17) is 0 Å². The molecule has 0 unspecified atom stereocenters. The van der Waals surface area contributed by atoms with Gasteiger partial charge in [-0.25, -0.2) is 0 Å². The molecule has 1 aliphatic rings. The molecule has 3 heteroatoms. The molecule has 0 N–H and O–H groups in total. The Morgan fingerprint density at radius 3 is 1.95 bits per heavy atom. The Morgan fingerprint density at radius 2 is 1.22 bits per heavy atom. The highest BCUT2D eigenvalue weighted by Crippen LogP contribution is 2.51. The summed E-state index contributed by atoms with van der Waals surface area (Å²) in [5, 5.41) is 11.7. The van der Waals surface area contributed by atoms with Gasteiger partial charge in [0, 0.05) is 27.6 Å². The zero-order chi connectivity index (χ0) is 25.1. The summed E-state index contributed by atoms with van der Waals surface area (Å²) in [5.74, 6) is 0. The molecule has 0 amide bonds. The van der Waals surface area contributed by atoms with Gasteiger partial charge < -0.3 is 9.47 Å². The molecular weight excluding hydrogens is 450 g/mol. The van der Waals surface area contributed by atoms with Crippen LogP contribution in [-0.4, -0.2) is 4.57 Å². The Balaban J connectivity index is 1.49. The van der Waals surface area contributed by atoms with Gasteiger partial charge >= 0.3 is 0 Å². The number of aromatic nitrogens is 1. The Morgan fingerprint density at radius 1 is 0.595 bits per heavy atom. The minimum absolute atomic E-state index is 0.0907. The summed E-state index contributed by atoms with van der Waals surface area (Å²) >= 11 is 0. The topological polar surface area (TPSA) is 32.0 Å². The van der Waals surface area contributed by atoms with Crippen molar-refractivity contribution in [2.75, 3.05) is 4.90 Å². The molecule has 37 heavy (non-hydrogen) atoms. The van der Waals surface area contributed by atoms with Crippen LogP contribution in [0.4, 0.5) is 17.1 Å². The van der Waals surface area contributed by atoms with Crippen LogP contribution >= 0.6 is 0 Å². The molecule has 6 aromatic rings. The second-order valence-electron chi connectivity index (χ2n) is 10.2. The molecule has 0 saturated carbocycles. The van der Waals surface area contributed by atoms with E-state index in [0.717, 1.165) is 33.2 Å². The summed E-state index contributed by atoms with van der Waals surface area (Å²) in [6.45, 7) is 4.62. The molecule has 5 aromatic carbocycles. The van der Waals surface area contributed by atoms with Crippen molar-refractivity contribution in [3.05, 3.63) is 132 Å². The zero-order valence-electron chi connectivity index (χ0n) is 20.8. The fraction of sp³-hybridized carbons (Fsp3) is 0.0882. The highest BCUT2D eigenvalue weighted by Gasteiger charge is 2.36. The molecule has 0 atom stereocenters. The predicted molar refractivity (Wildman–Crippen MR) is 152 cm³/mol. The summed E-state index contributed by atoms with van der Waals surface area (Å²) in [6.07, 6.45) is 0. The summed E-state index contributed by atoms with van der Waals surface area (Å²) < 4.78 is 2.31. The van der Waals surface area contributed by atoms with Crippen molar-refractivity contribution < 1.29 is 0 Å². The fourth-order valence-electron chi connectivity index (χ4n) is 6.04. The lowest BCUT2D eigenvalue weighted by Crippen LogP contribution is -2.30. The number of rotatable bonds is 2. The fourth-order valence-corrected chi connectivity index (χ4v) is 6.04. The van der Waals surface area contributed by atoms with Crippen molar-refractivity contribution in [1.82, 2.24) is 4.57 Å². The summed E-state index contributed by atoms with van der Waals surface area (Å²) in [5.41, 5.74) is 10.1. The first-order valence-corrected chi connectivity index (χ1v) is 12.6. The number of para-hydroxylation sites is 3. The molecule has 0 aliphatic carbocycles. The van der Waals surface area contributed by atoms with E-state index in [0.29, 0.717) is 5.56 Å². The van der Waals surface area contributed by atoms with Crippen molar-refractivity contribution in [1.29, 1.82) is 5.26 Å². The monoisotopic (exact) mass is 475 g/mol. The highest BCUT2D eigenvalue weighted by molar-refractivity contribution is 6.09. The maximum atomic E-state index is 9.51. The first-order chi connectivity index (χ1) is 18.1. The second-order valence-corrected chi connectivity index (χ2v) is 10.2. The van der Waals surface area contributed by atoms with Crippen LogP contribution in [0, 0.1) is 11.3 Å². The molecule has 1 aliphatic heterocycles. The number of fused-ring (bicyclic) bond motifs is 5. The van der Waals surface area contributed by atoms with Crippen molar-refractivity contribution in [3.8, 4) is 11.8 Å². The maximum absolute atomic E-state index is 9.51. The van der Waals surface area contributed by atoms with E-state index >= 15 is 0 Å². The van der Waals surface area contributed by atoms with Gasteiger partial charge in [-0.2, -0.15) is 5.26 Å². The van der Waals surface area contributed by atoms with Crippen LogP contribution in [-0.2, 0) is 5.41 Å². The lowest BCUT2D eigenvalue weighted by Gasteiger charge is -2.42. The Labute approximate surface area is 216 Å². The van der Waals surface area contributed by atoms with Crippen LogP contribution in [0.2, 0.25) is 0 Å². The number of nitriles is 1. The van der Waals surface area contributed by atoms with Gasteiger partial charge in [0.1, 0.15) is 0 Å². The van der Waals surface area contributed by atoms with Crippen LogP contribution in [0.5, 0.6) is 0 Å². The molecule has 1 aromatic heterocycles. The van der Waals surface area contributed by atoms with E-state index in [2.05, 4.69) is 133 Å². The van der Waals surface area contributed by atoms with Gasteiger partial charge in [0.25, 0.3) is 0 Å². The predicted octanol–water partition coefficient (Wildman–Crippen LogP) is 8.76. The number of nitrogens with zero attached hydrogens (tertiary/aromatic N) is 3. The quantitative estimate of drug-likeness (QED) is 0.251. The zero-order valence-corrected chi connectivity index (χ0v) is 20.8. The Hall–Kier alpha value is -4.81. The van der Waals surface area contributed by atoms with E-state index in [1.807, 2.05) is 12.1 Å². The summed E-state index contributed by atoms with van der Waals surface area (Å²) in [7, 11) is 0. The molecule has 0 bridgehead atoms. The summed E-state index contributed by atoms with van der Waals surface area (Å²) in [4.78, 5) is 2.39.